The Labute approximate surface area is 232 Å². The first-order chi connectivity index (χ1) is 19.0. The molecule has 4 N–H and O–H groups in total. The Morgan fingerprint density at radius 3 is 1.97 bits per heavy atom. The number of carbonyl (C=O) groups excluding carboxylic acids is 3. The van der Waals surface area contributed by atoms with Crippen LogP contribution < -0.4 is 16.4 Å². The Morgan fingerprint density at radius 2 is 1.54 bits per heavy atom. The first kappa shape index (κ1) is 27.9. The van der Waals surface area contributed by atoms with Gasteiger partial charge in [0.2, 0.25) is 5.91 Å². The van der Waals surface area contributed by atoms with Crippen LogP contribution in [0.15, 0.2) is 109 Å². The van der Waals surface area contributed by atoms with Crippen LogP contribution in [0.1, 0.15) is 23.1 Å². The molecule has 1 aliphatic heterocycles. The molecule has 200 valence electrons. The third-order valence-electron chi connectivity index (χ3n) is 6.69. The molecule has 0 bridgehead atoms. The van der Waals surface area contributed by atoms with E-state index in [4.69, 9.17) is 10.5 Å². The molecule has 0 aromatic heterocycles. The number of carbonyl (C=O) groups is 2. The number of amides is 2. The smallest absolute Gasteiger partial charge is 0.408 e. The minimum atomic E-state index is -1.03. The molecule has 7 nitrogen and oxygen atoms in total. The van der Waals surface area contributed by atoms with Crippen molar-refractivity contribution in [2.75, 3.05) is 13.2 Å². The van der Waals surface area contributed by atoms with Gasteiger partial charge in [0.1, 0.15) is 18.6 Å². The second kappa shape index (κ2) is 13.1. The maximum Gasteiger partial charge on any atom is 0.408 e. The summed E-state index contributed by atoms with van der Waals surface area (Å²) in [5.41, 5.74) is 9.27. The van der Waals surface area contributed by atoms with E-state index in [1.807, 2.05) is 54.6 Å². The van der Waals surface area contributed by atoms with Gasteiger partial charge in [0, 0.05) is 18.2 Å². The molecule has 3 aromatic rings. The monoisotopic (exact) mass is 541 g/mol. The predicted molar refractivity (Wildman–Crippen MR) is 154 cm³/mol. The number of primary amides is 1. The van der Waals surface area contributed by atoms with Crippen LogP contribution in [0.2, 0.25) is 0 Å². The molecule has 1 fully saturated rings. The zero-order chi connectivity index (χ0) is 27.7. The number of rotatable bonds is 11. The highest BCUT2D eigenvalue weighted by atomic mass is 32.2. The lowest BCUT2D eigenvalue weighted by Gasteiger charge is -2.37. The first-order valence-corrected chi connectivity index (χ1v) is 13.5. The summed E-state index contributed by atoms with van der Waals surface area (Å²) >= 11 is 1.65. The number of hydrogen-bond donors (Lipinski definition) is 3. The number of alkyl carbamates (subject to hydrolysis) is 1. The van der Waals surface area contributed by atoms with E-state index in [2.05, 4.69) is 59.6 Å². The summed E-state index contributed by atoms with van der Waals surface area (Å²) in [6.07, 6.45) is 0.732. The minimum absolute atomic E-state index is 0.00224. The highest BCUT2D eigenvalue weighted by molar-refractivity contribution is 8.01. The molecule has 3 atom stereocenters. The molecule has 3 unspecified atom stereocenters. The summed E-state index contributed by atoms with van der Waals surface area (Å²) in [4.78, 5) is 36.6. The SMILES string of the molecule is C=CCOC(=O)NC(CC1NCC(SC(c2ccccc2)(c2ccccc2)c2ccccc2)C1=C=O)C(N)=O. The molecule has 1 saturated heterocycles. The Bertz CT molecular complexity index is 1230. The maximum absolute atomic E-state index is 12.4. The lowest BCUT2D eigenvalue weighted by molar-refractivity contribution is -0.120. The molecule has 0 saturated carbocycles. The van der Waals surface area contributed by atoms with Crippen molar-refractivity contribution in [3.05, 3.63) is 126 Å². The molecule has 8 heteroatoms. The van der Waals surface area contributed by atoms with E-state index in [-0.39, 0.29) is 18.3 Å². The second-order valence-electron chi connectivity index (χ2n) is 9.13. The summed E-state index contributed by atoms with van der Waals surface area (Å²) in [7, 11) is 0. The summed E-state index contributed by atoms with van der Waals surface area (Å²) in [6.45, 7) is 3.97. The van der Waals surface area contributed by atoms with Gasteiger partial charge in [0.25, 0.3) is 0 Å². The van der Waals surface area contributed by atoms with Crippen LogP contribution >= 0.6 is 11.8 Å². The van der Waals surface area contributed by atoms with Crippen molar-refractivity contribution >= 4 is 29.7 Å². The molecule has 1 aliphatic rings. The van der Waals surface area contributed by atoms with E-state index < -0.39 is 28.8 Å². The van der Waals surface area contributed by atoms with Crippen LogP contribution in [-0.4, -0.2) is 48.4 Å². The minimum Gasteiger partial charge on any atom is -0.445 e. The van der Waals surface area contributed by atoms with Crippen LogP contribution in [0, 0.1) is 0 Å². The molecular formula is C31H31N3O4S. The topological polar surface area (TPSA) is 111 Å². The Balaban J connectivity index is 1.69. The fourth-order valence-corrected chi connectivity index (χ4v) is 6.64. The van der Waals surface area contributed by atoms with Gasteiger partial charge in [-0.05, 0) is 23.1 Å². The molecule has 0 aliphatic carbocycles. The van der Waals surface area contributed by atoms with Crippen LogP contribution in [0.4, 0.5) is 4.79 Å². The molecule has 1 heterocycles. The van der Waals surface area contributed by atoms with Crippen molar-refractivity contribution in [2.24, 2.45) is 5.73 Å². The molecule has 0 radical (unpaired) electrons. The van der Waals surface area contributed by atoms with Gasteiger partial charge >= 0.3 is 6.09 Å². The van der Waals surface area contributed by atoms with Gasteiger partial charge in [-0.25, -0.2) is 9.59 Å². The van der Waals surface area contributed by atoms with Crippen LogP contribution in [0.25, 0.3) is 0 Å². The van der Waals surface area contributed by atoms with Crippen LogP contribution in [-0.2, 0) is 19.1 Å². The standard InChI is InChI=1S/C31H31N3O4S/c1-2-18-38-30(37)34-27(29(32)36)19-26-25(21-35)28(20-33-26)39-31(22-12-6-3-7-13-22,23-14-8-4-9-15-23)24-16-10-5-11-17-24/h2-17,26-28,33H,1,18-20H2,(H2,32,36)(H,34,37). The zero-order valence-electron chi connectivity index (χ0n) is 21.4. The van der Waals surface area contributed by atoms with Crippen molar-refractivity contribution in [3.8, 4) is 0 Å². The van der Waals surface area contributed by atoms with E-state index in [1.54, 1.807) is 11.8 Å². The number of ether oxygens (including phenoxy) is 1. The van der Waals surface area contributed by atoms with E-state index >= 15 is 0 Å². The maximum atomic E-state index is 12.4. The predicted octanol–water partition coefficient (Wildman–Crippen LogP) is 3.97. The van der Waals surface area contributed by atoms with E-state index in [0.717, 1.165) is 16.7 Å². The third kappa shape index (κ3) is 6.32. The first-order valence-electron chi connectivity index (χ1n) is 12.7. The van der Waals surface area contributed by atoms with E-state index in [0.29, 0.717) is 12.1 Å². The molecule has 39 heavy (non-hydrogen) atoms. The Hall–Kier alpha value is -4.10. The zero-order valence-corrected chi connectivity index (χ0v) is 22.2. The quantitative estimate of drug-likeness (QED) is 0.193. The molecular weight excluding hydrogens is 510 g/mol. The van der Waals surface area contributed by atoms with Gasteiger partial charge in [0.15, 0.2) is 0 Å². The van der Waals surface area contributed by atoms with Gasteiger partial charge in [-0.1, -0.05) is 104 Å². The Morgan fingerprint density at radius 1 is 1.03 bits per heavy atom. The van der Waals surface area contributed by atoms with Gasteiger partial charge in [-0.2, -0.15) is 0 Å². The van der Waals surface area contributed by atoms with Crippen molar-refractivity contribution < 1.29 is 19.1 Å². The fraction of sp³-hybridized carbons (Fsp3) is 0.226. The Kier molecular flexibility index (Phi) is 9.39. The summed E-state index contributed by atoms with van der Waals surface area (Å²) in [5, 5.41) is 5.57. The third-order valence-corrected chi connectivity index (χ3v) is 8.45. The van der Waals surface area contributed by atoms with Crippen molar-refractivity contribution in [1.29, 1.82) is 0 Å². The molecule has 0 spiro atoms. The highest BCUT2D eigenvalue weighted by Gasteiger charge is 2.44. The second-order valence-corrected chi connectivity index (χ2v) is 10.5. The van der Waals surface area contributed by atoms with Gasteiger partial charge < -0.3 is 21.1 Å². The number of benzene rings is 3. The van der Waals surface area contributed by atoms with Crippen molar-refractivity contribution in [2.45, 2.75) is 28.5 Å². The van der Waals surface area contributed by atoms with E-state index in [9.17, 15) is 14.4 Å². The van der Waals surface area contributed by atoms with Crippen molar-refractivity contribution in [3.63, 3.8) is 0 Å². The molecule has 3 aromatic carbocycles. The largest absolute Gasteiger partial charge is 0.445 e. The number of nitrogens with two attached hydrogens (primary N) is 1. The average molecular weight is 542 g/mol. The normalized spacial score (nSPS) is 17.6. The number of thioether (sulfide) groups is 1. The van der Waals surface area contributed by atoms with Crippen LogP contribution in [0.3, 0.4) is 0 Å². The van der Waals surface area contributed by atoms with E-state index in [1.165, 1.54) is 6.08 Å². The van der Waals surface area contributed by atoms with Crippen molar-refractivity contribution in [1.82, 2.24) is 10.6 Å². The highest BCUT2D eigenvalue weighted by Crippen LogP contribution is 2.52. The lowest BCUT2D eigenvalue weighted by Crippen LogP contribution is -2.47. The summed E-state index contributed by atoms with van der Waals surface area (Å²) < 4.78 is 4.30. The lowest BCUT2D eigenvalue weighted by atomic mass is 9.84. The molecule has 4 rings (SSSR count). The van der Waals surface area contributed by atoms with Gasteiger partial charge in [0.05, 0.1) is 10.00 Å². The summed E-state index contributed by atoms with van der Waals surface area (Å²) in [6, 6.07) is 29.1. The van der Waals surface area contributed by atoms with Gasteiger partial charge in [-0.3, -0.25) is 4.79 Å². The molecule has 2 amide bonds. The van der Waals surface area contributed by atoms with Crippen LogP contribution in [0.5, 0.6) is 0 Å². The summed E-state index contributed by atoms with van der Waals surface area (Å²) in [5.74, 6) is 1.43. The fourth-order valence-electron chi connectivity index (χ4n) is 4.88. The number of nitrogens with one attached hydrogen (secondary N) is 2. The van der Waals surface area contributed by atoms with Gasteiger partial charge in [-0.15, -0.1) is 11.8 Å². The number of hydrogen-bond acceptors (Lipinski definition) is 6. The average Bonchev–Trinajstić information content (AvgIpc) is 3.36.